The van der Waals surface area contributed by atoms with Crippen LogP contribution < -0.4 is 0 Å². The molecule has 0 saturated heterocycles. The molecule has 0 aliphatic carbocycles. The first-order valence-electron chi connectivity index (χ1n) is 6.34. The van der Waals surface area contributed by atoms with E-state index in [9.17, 15) is 0 Å². The lowest BCUT2D eigenvalue weighted by Crippen LogP contribution is -1.85. The van der Waals surface area contributed by atoms with Crippen molar-refractivity contribution >= 4 is 21.8 Å². The van der Waals surface area contributed by atoms with Crippen LogP contribution in [-0.2, 0) is 0 Å². The molecule has 0 amide bonds. The summed E-state index contributed by atoms with van der Waals surface area (Å²) in [7, 11) is 0. The van der Waals surface area contributed by atoms with Crippen LogP contribution in [0.3, 0.4) is 0 Å². The average molecular weight is 244 g/mol. The van der Waals surface area contributed by atoms with Crippen LogP contribution in [-0.4, -0.2) is 9.97 Å². The summed E-state index contributed by atoms with van der Waals surface area (Å²) in [5.41, 5.74) is 4.40. The smallest absolute Gasteiger partial charge is 0.0716 e. The number of hydrogen-bond acceptors (Lipinski definition) is 1. The van der Waals surface area contributed by atoms with Crippen LogP contribution in [0.25, 0.3) is 33.1 Å². The van der Waals surface area contributed by atoms with Crippen LogP contribution in [0.4, 0.5) is 0 Å². The molecule has 0 aliphatic rings. The quantitative estimate of drug-likeness (QED) is 0.494. The number of pyridine rings is 1. The van der Waals surface area contributed by atoms with Gasteiger partial charge in [-0.2, -0.15) is 0 Å². The van der Waals surface area contributed by atoms with Gasteiger partial charge in [0.1, 0.15) is 0 Å². The van der Waals surface area contributed by atoms with E-state index in [1.807, 2.05) is 24.4 Å². The van der Waals surface area contributed by atoms with Gasteiger partial charge >= 0.3 is 0 Å². The molecule has 0 saturated carbocycles. The van der Waals surface area contributed by atoms with Crippen molar-refractivity contribution in [3.63, 3.8) is 0 Å². The Hall–Kier alpha value is -2.61. The molecule has 2 nitrogen and oxygen atoms in total. The maximum Gasteiger partial charge on any atom is 0.0716 e. The Morgan fingerprint density at radius 3 is 2.58 bits per heavy atom. The summed E-state index contributed by atoms with van der Waals surface area (Å²) >= 11 is 0. The Bertz CT molecular complexity index is 861. The summed E-state index contributed by atoms with van der Waals surface area (Å²) in [5, 5.41) is 2.36. The maximum absolute atomic E-state index is 4.73. The molecule has 1 N–H and O–H groups in total. The van der Waals surface area contributed by atoms with Crippen molar-refractivity contribution in [1.82, 2.24) is 9.97 Å². The highest BCUT2D eigenvalue weighted by Crippen LogP contribution is 2.28. The second-order valence-electron chi connectivity index (χ2n) is 4.64. The molecule has 0 aliphatic heterocycles. The molecule has 2 aromatic carbocycles. The van der Waals surface area contributed by atoms with Gasteiger partial charge in [-0.05, 0) is 30.3 Å². The van der Waals surface area contributed by atoms with E-state index in [4.69, 9.17) is 4.98 Å². The number of aromatic nitrogens is 2. The molecule has 0 radical (unpaired) electrons. The van der Waals surface area contributed by atoms with Crippen molar-refractivity contribution in [3.8, 4) is 11.3 Å². The fraction of sp³-hybridized carbons (Fsp3) is 0. The lowest BCUT2D eigenvalue weighted by Gasteiger charge is -2.06. The predicted octanol–water partition coefficient (Wildman–Crippen LogP) is 4.38. The van der Waals surface area contributed by atoms with E-state index in [1.165, 1.54) is 16.3 Å². The number of benzene rings is 2. The second-order valence-corrected chi connectivity index (χ2v) is 4.64. The van der Waals surface area contributed by atoms with Gasteiger partial charge in [0, 0.05) is 28.2 Å². The molecule has 4 rings (SSSR count). The Kier molecular flexibility index (Phi) is 2.15. The van der Waals surface area contributed by atoms with Gasteiger partial charge in [-0.3, -0.25) is 0 Å². The van der Waals surface area contributed by atoms with E-state index >= 15 is 0 Å². The van der Waals surface area contributed by atoms with Crippen LogP contribution in [0, 0.1) is 0 Å². The highest BCUT2D eigenvalue weighted by atomic mass is 14.7. The summed E-state index contributed by atoms with van der Waals surface area (Å²) in [4.78, 5) is 8.00. The van der Waals surface area contributed by atoms with Gasteiger partial charge in [-0.15, -0.1) is 0 Å². The molecule has 0 spiro atoms. The molecular weight excluding hydrogens is 232 g/mol. The number of hydrogen-bond donors (Lipinski definition) is 1. The molecular formula is C17H12N2. The monoisotopic (exact) mass is 244 g/mol. The van der Waals surface area contributed by atoms with E-state index in [-0.39, 0.29) is 0 Å². The first kappa shape index (κ1) is 10.3. The number of aromatic amines is 1. The van der Waals surface area contributed by atoms with Gasteiger partial charge in [0.05, 0.1) is 11.0 Å². The number of nitrogens with zero attached hydrogens (tertiary/aromatic N) is 1. The van der Waals surface area contributed by atoms with E-state index in [2.05, 4.69) is 47.4 Å². The summed E-state index contributed by atoms with van der Waals surface area (Å²) in [6, 6.07) is 20.8. The molecule has 2 heteroatoms. The maximum atomic E-state index is 4.73. The third-order valence-corrected chi connectivity index (χ3v) is 3.45. The molecule has 0 unspecified atom stereocenters. The van der Waals surface area contributed by atoms with Crippen molar-refractivity contribution in [2.24, 2.45) is 0 Å². The predicted molar refractivity (Wildman–Crippen MR) is 79.0 cm³/mol. The topological polar surface area (TPSA) is 28.7 Å². The highest BCUT2D eigenvalue weighted by molar-refractivity contribution is 6.00. The zero-order chi connectivity index (χ0) is 12.7. The Balaban J connectivity index is 2.12. The first-order chi connectivity index (χ1) is 9.42. The number of H-pyrrole nitrogens is 1. The Labute approximate surface area is 110 Å². The van der Waals surface area contributed by atoms with E-state index < -0.39 is 0 Å². The van der Waals surface area contributed by atoms with Crippen molar-refractivity contribution in [2.45, 2.75) is 0 Å². The summed E-state index contributed by atoms with van der Waals surface area (Å²) in [6.07, 6.45) is 1.95. The molecule has 0 bridgehead atoms. The van der Waals surface area contributed by atoms with Crippen molar-refractivity contribution in [1.29, 1.82) is 0 Å². The Morgan fingerprint density at radius 2 is 1.68 bits per heavy atom. The molecule has 90 valence electrons. The zero-order valence-corrected chi connectivity index (χ0v) is 10.3. The van der Waals surface area contributed by atoms with Crippen LogP contribution in [0.15, 0.2) is 66.9 Å². The molecule has 0 fully saturated rings. The van der Waals surface area contributed by atoms with Crippen molar-refractivity contribution in [2.75, 3.05) is 0 Å². The zero-order valence-electron chi connectivity index (χ0n) is 10.3. The molecule has 19 heavy (non-hydrogen) atoms. The van der Waals surface area contributed by atoms with E-state index in [1.54, 1.807) is 0 Å². The minimum absolute atomic E-state index is 1.03. The molecule has 4 aromatic rings. The first-order valence-corrected chi connectivity index (χ1v) is 6.34. The van der Waals surface area contributed by atoms with Gasteiger partial charge in [0.25, 0.3) is 0 Å². The van der Waals surface area contributed by atoms with Crippen molar-refractivity contribution in [3.05, 3.63) is 66.9 Å². The fourth-order valence-corrected chi connectivity index (χ4v) is 2.53. The third-order valence-electron chi connectivity index (χ3n) is 3.45. The normalized spacial score (nSPS) is 11.2. The highest BCUT2D eigenvalue weighted by Gasteiger charge is 2.06. The van der Waals surface area contributed by atoms with Gasteiger partial charge in [0.15, 0.2) is 0 Å². The minimum atomic E-state index is 1.03. The number of fused-ring (bicyclic) bond motifs is 2. The number of para-hydroxylation sites is 1. The largest absolute Gasteiger partial charge is 0.361 e. The number of rotatable bonds is 1. The minimum Gasteiger partial charge on any atom is -0.361 e. The van der Waals surface area contributed by atoms with E-state index in [0.29, 0.717) is 0 Å². The Morgan fingerprint density at radius 1 is 0.789 bits per heavy atom. The standard InChI is InChI=1S/C17H12N2/c1-2-7-15-12(5-1)11-14-13(16-9-4-10-18-16)6-3-8-17(14)19-15/h1-11,18H. The summed E-state index contributed by atoms with van der Waals surface area (Å²) in [6.45, 7) is 0. The fourth-order valence-electron chi connectivity index (χ4n) is 2.53. The molecule has 0 atom stereocenters. The lowest BCUT2D eigenvalue weighted by molar-refractivity contribution is 1.41. The molecule has 2 aromatic heterocycles. The summed E-state index contributed by atoms with van der Waals surface area (Å²) < 4.78 is 0. The van der Waals surface area contributed by atoms with Crippen LogP contribution in [0.1, 0.15) is 0 Å². The van der Waals surface area contributed by atoms with Crippen molar-refractivity contribution < 1.29 is 0 Å². The van der Waals surface area contributed by atoms with Gasteiger partial charge in [0.2, 0.25) is 0 Å². The SMILES string of the molecule is c1c[nH]c(-c2cccc3nc4ccccc4cc23)c1. The van der Waals surface area contributed by atoms with Gasteiger partial charge < -0.3 is 4.98 Å². The number of nitrogens with one attached hydrogen (secondary N) is 1. The molecule has 2 heterocycles. The lowest BCUT2D eigenvalue weighted by atomic mass is 10.0. The second kappa shape index (κ2) is 3.95. The van der Waals surface area contributed by atoms with Gasteiger partial charge in [-0.25, -0.2) is 4.98 Å². The summed E-state index contributed by atoms with van der Waals surface area (Å²) in [5.74, 6) is 0. The van der Waals surface area contributed by atoms with Crippen LogP contribution in [0.2, 0.25) is 0 Å². The van der Waals surface area contributed by atoms with Crippen LogP contribution in [0.5, 0.6) is 0 Å². The average Bonchev–Trinajstić information content (AvgIpc) is 2.98. The third kappa shape index (κ3) is 1.61. The van der Waals surface area contributed by atoms with Crippen LogP contribution >= 0.6 is 0 Å². The van der Waals surface area contributed by atoms with E-state index in [0.717, 1.165) is 16.7 Å². The van der Waals surface area contributed by atoms with Gasteiger partial charge in [-0.1, -0.05) is 30.3 Å².